The second-order valence-electron chi connectivity index (χ2n) is 8.01. The second-order valence-corrected chi connectivity index (χ2v) is 8.01. The number of hydrogen-bond acceptors (Lipinski definition) is 6. The van der Waals surface area contributed by atoms with E-state index in [0.717, 1.165) is 28.4 Å². The van der Waals surface area contributed by atoms with Gasteiger partial charge in [0.2, 0.25) is 11.8 Å². The molecule has 1 N–H and O–H groups in total. The van der Waals surface area contributed by atoms with Gasteiger partial charge in [0.25, 0.3) is 0 Å². The summed E-state index contributed by atoms with van der Waals surface area (Å²) >= 11 is 0. The minimum atomic E-state index is 0.0548. The monoisotopic (exact) mass is 432 g/mol. The number of aryl methyl sites for hydroxylation is 1. The van der Waals surface area contributed by atoms with Crippen LogP contribution in [0.15, 0.2) is 42.7 Å². The molecule has 2 aromatic carbocycles. The number of carbonyl (C=O) groups is 1. The van der Waals surface area contributed by atoms with Crippen LogP contribution in [-0.2, 0) is 4.79 Å². The quantitative estimate of drug-likeness (QED) is 0.491. The minimum Gasteiger partial charge on any atom is -0.493 e. The third-order valence-corrected chi connectivity index (χ3v) is 5.89. The summed E-state index contributed by atoms with van der Waals surface area (Å²) in [5, 5.41) is 1.79. The third kappa shape index (κ3) is 3.68. The largest absolute Gasteiger partial charge is 0.493 e. The Bertz CT molecular complexity index is 1320. The highest BCUT2D eigenvalue weighted by atomic mass is 16.5. The van der Waals surface area contributed by atoms with Gasteiger partial charge in [-0.25, -0.2) is 9.97 Å². The van der Waals surface area contributed by atoms with Gasteiger partial charge in [0.05, 0.1) is 24.1 Å². The standard InChI is InChI=1S/C24H24N4O4/c1-14-8-15-9-17(5-6-19(15)27-14)32-24-18-10-21(30-3)22(11-20(18)25-13-26-24)31-12-16-4-7-23(29)28(16)2/h5-6,8-11,13,16,27H,4,7,12H2,1-3H3. The van der Waals surface area contributed by atoms with Crippen molar-refractivity contribution < 1.29 is 19.0 Å². The van der Waals surface area contributed by atoms with Crippen LogP contribution < -0.4 is 14.2 Å². The molecule has 2 aromatic heterocycles. The Morgan fingerprint density at radius 3 is 2.81 bits per heavy atom. The van der Waals surface area contributed by atoms with Gasteiger partial charge in [0, 0.05) is 36.1 Å². The van der Waals surface area contributed by atoms with Crippen LogP contribution in [0.3, 0.4) is 0 Å². The van der Waals surface area contributed by atoms with Gasteiger partial charge in [-0.2, -0.15) is 0 Å². The summed E-state index contributed by atoms with van der Waals surface area (Å²) in [5.41, 5.74) is 2.83. The molecular formula is C24H24N4O4. The number of likely N-dealkylation sites (tertiary alicyclic amines) is 1. The van der Waals surface area contributed by atoms with Crippen molar-refractivity contribution in [3.05, 3.63) is 48.4 Å². The van der Waals surface area contributed by atoms with Crippen molar-refractivity contribution in [2.75, 3.05) is 20.8 Å². The van der Waals surface area contributed by atoms with E-state index in [4.69, 9.17) is 14.2 Å². The molecule has 1 amide bonds. The Hall–Kier alpha value is -3.81. The van der Waals surface area contributed by atoms with Crippen LogP contribution >= 0.6 is 0 Å². The summed E-state index contributed by atoms with van der Waals surface area (Å²) in [7, 11) is 3.40. The number of amides is 1. The molecule has 1 atom stereocenters. The number of ether oxygens (including phenoxy) is 3. The highest BCUT2D eigenvalue weighted by Gasteiger charge is 2.28. The van der Waals surface area contributed by atoms with Crippen molar-refractivity contribution in [1.82, 2.24) is 19.9 Å². The van der Waals surface area contributed by atoms with Gasteiger partial charge >= 0.3 is 0 Å². The number of likely N-dealkylation sites (N-methyl/N-ethyl adjacent to an activating group) is 1. The number of carbonyl (C=O) groups excluding carboxylic acids is 1. The normalized spacial score (nSPS) is 16.2. The summed E-state index contributed by atoms with van der Waals surface area (Å²) in [4.78, 5) is 25.5. The molecule has 1 unspecified atom stereocenters. The second kappa shape index (κ2) is 8.03. The number of aromatic amines is 1. The number of H-pyrrole nitrogens is 1. The van der Waals surface area contributed by atoms with E-state index in [1.807, 2.05) is 44.3 Å². The Kier molecular flexibility index (Phi) is 5.05. The fourth-order valence-electron chi connectivity index (χ4n) is 4.07. The highest BCUT2D eigenvalue weighted by molar-refractivity contribution is 5.87. The van der Waals surface area contributed by atoms with Gasteiger partial charge in [0.1, 0.15) is 18.7 Å². The van der Waals surface area contributed by atoms with E-state index >= 15 is 0 Å². The predicted molar refractivity (Wildman–Crippen MR) is 120 cm³/mol. The van der Waals surface area contributed by atoms with Crippen molar-refractivity contribution in [3.8, 4) is 23.1 Å². The smallest absolute Gasteiger partial charge is 0.230 e. The minimum absolute atomic E-state index is 0.0548. The van der Waals surface area contributed by atoms with Gasteiger partial charge in [-0.15, -0.1) is 0 Å². The molecule has 4 aromatic rings. The molecule has 0 radical (unpaired) electrons. The van der Waals surface area contributed by atoms with Crippen molar-refractivity contribution in [3.63, 3.8) is 0 Å². The molecule has 1 saturated heterocycles. The lowest BCUT2D eigenvalue weighted by Gasteiger charge is -2.21. The molecule has 1 fully saturated rings. The van der Waals surface area contributed by atoms with Crippen molar-refractivity contribution in [2.24, 2.45) is 0 Å². The van der Waals surface area contributed by atoms with E-state index in [1.165, 1.54) is 6.33 Å². The summed E-state index contributed by atoms with van der Waals surface area (Å²) < 4.78 is 17.7. The molecule has 8 heteroatoms. The zero-order chi connectivity index (χ0) is 22.2. The predicted octanol–water partition coefficient (Wildman–Crippen LogP) is 4.22. The summed E-state index contributed by atoms with van der Waals surface area (Å²) in [6, 6.07) is 11.6. The molecule has 5 rings (SSSR count). The van der Waals surface area contributed by atoms with E-state index in [0.29, 0.717) is 41.7 Å². The van der Waals surface area contributed by atoms with E-state index in [2.05, 4.69) is 21.0 Å². The van der Waals surface area contributed by atoms with Gasteiger partial charge in [-0.05, 0) is 43.7 Å². The Morgan fingerprint density at radius 1 is 1.16 bits per heavy atom. The van der Waals surface area contributed by atoms with Gasteiger partial charge in [-0.1, -0.05) is 0 Å². The molecule has 0 spiro atoms. The molecule has 3 heterocycles. The van der Waals surface area contributed by atoms with Crippen molar-refractivity contribution in [1.29, 1.82) is 0 Å². The first kappa shape index (κ1) is 20.1. The number of rotatable bonds is 6. The first-order chi connectivity index (χ1) is 15.5. The van der Waals surface area contributed by atoms with E-state index in [9.17, 15) is 4.79 Å². The van der Waals surface area contributed by atoms with E-state index < -0.39 is 0 Å². The number of nitrogens with zero attached hydrogens (tertiary/aromatic N) is 3. The lowest BCUT2D eigenvalue weighted by Crippen LogP contribution is -2.33. The SMILES string of the molecule is COc1cc2c(Oc3ccc4[nH]c(C)cc4c3)ncnc2cc1OCC1CCC(=O)N1C. The topological polar surface area (TPSA) is 89.6 Å². The van der Waals surface area contributed by atoms with Crippen molar-refractivity contribution >= 4 is 27.7 Å². The summed E-state index contributed by atoms with van der Waals surface area (Å²) in [6.45, 7) is 2.42. The molecule has 0 aliphatic carbocycles. The number of fused-ring (bicyclic) bond motifs is 2. The molecule has 1 aliphatic rings. The Labute approximate surface area is 185 Å². The highest BCUT2D eigenvalue weighted by Crippen LogP contribution is 2.37. The van der Waals surface area contributed by atoms with Crippen LogP contribution in [0.4, 0.5) is 0 Å². The summed E-state index contributed by atoms with van der Waals surface area (Å²) in [6.07, 6.45) is 2.81. The number of methoxy groups -OCH3 is 1. The van der Waals surface area contributed by atoms with Gasteiger partial charge in [-0.3, -0.25) is 4.79 Å². The molecule has 0 bridgehead atoms. The number of hydrogen-bond donors (Lipinski definition) is 1. The average Bonchev–Trinajstić information content (AvgIpc) is 3.32. The molecule has 32 heavy (non-hydrogen) atoms. The van der Waals surface area contributed by atoms with Crippen molar-refractivity contribution in [2.45, 2.75) is 25.8 Å². The van der Waals surface area contributed by atoms with E-state index in [1.54, 1.807) is 12.0 Å². The number of nitrogens with one attached hydrogen (secondary N) is 1. The van der Waals surface area contributed by atoms with Crippen LogP contribution in [-0.4, -0.2) is 52.6 Å². The molecule has 1 aliphatic heterocycles. The lowest BCUT2D eigenvalue weighted by molar-refractivity contribution is -0.127. The first-order valence-electron chi connectivity index (χ1n) is 10.5. The third-order valence-electron chi connectivity index (χ3n) is 5.89. The number of aromatic nitrogens is 3. The average molecular weight is 432 g/mol. The lowest BCUT2D eigenvalue weighted by atomic mass is 10.2. The maximum absolute atomic E-state index is 11.8. The van der Waals surface area contributed by atoms with Gasteiger partial charge < -0.3 is 24.1 Å². The summed E-state index contributed by atoms with van der Waals surface area (Å²) in [5.74, 6) is 2.39. The van der Waals surface area contributed by atoms with E-state index in [-0.39, 0.29) is 11.9 Å². The number of benzene rings is 2. The zero-order valence-electron chi connectivity index (χ0n) is 18.2. The maximum atomic E-state index is 11.8. The zero-order valence-corrected chi connectivity index (χ0v) is 18.2. The fraction of sp³-hybridized carbons (Fsp3) is 0.292. The Balaban J connectivity index is 1.43. The van der Waals surface area contributed by atoms with Crippen LogP contribution in [0.25, 0.3) is 21.8 Å². The maximum Gasteiger partial charge on any atom is 0.230 e. The Morgan fingerprint density at radius 2 is 2.03 bits per heavy atom. The van der Waals surface area contributed by atoms with Crippen LogP contribution in [0.2, 0.25) is 0 Å². The molecule has 0 saturated carbocycles. The van der Waals surface area contributed by atoms with Crippen LogP contribution in [0.5, 0.6) is 23.1 Å². The van der Waals surface area contributed by atoms with Gasteiger partial charge in [0.15, 0.2) is 11.5 Å². The first-order valence-corrected chi connectivity index (χ1v) is 10.5. The van der Waals surface area contributed by atoms with Crippen LogP contribution in [0.1, 0.15) is 18.5 Å². The fourth-order valence-corrected chi connectivity index (χ4v) is 4.07. The van der Waals surface area contributed by atoms with Crippen LogP contribution in [0, 0.1) is 6.92 Å². The molecule has 164 valence electrons. The molecule has 8 nitrogen and oxygen atoms in total. The molecular weight excluding hydrogens is 408 g/mol.